The predicted octanol–water partition coefficient (Wildman–Crippen LogP) is 16.8. The number of rotatable bonds is 9. The van der Waals surface area contributed by atoms with Crippen LogP contribution in [0, 0.1) is 0 Å². The van der Waals surface area contributed by atoms with E-state index in [0.717, 1.165) is 120 Å². The summed E-state index contributed by atoms with van der Waals surface area (Å²) in [7, 11) is -12.2. The Kier molecular flexibility index (Phi) is 42.2. The number of aliphatic hydroxyl groups excluding tert-OH is 1. The highest BCUT2D eigenvalue weighted by Crippen LogP contribution is 2.45. The normalized spacial score (nSPS) is 19.4. The maximum atomic E-state index is 12.4. The third-order valence-electron chi connectivity index (χ3n) is 23.4. The van der Waals surface area contributed by atoms with Gasteiger partial charge in [0.15, 0.2) is 0 Å². The number of hydrogen-bond acceptors (Lipinski definition) is 24. The Bertz CT molecular complexity index is 5460. The SMILES string of the molecule is Brc1cccc2[nH]ncc12.C.C.C1CCOC1.CC1(C)OB(B2OC(C)(C)C(C)(C)O2)OC1(C)C.CC1(C)OB(c2cccc3[nH]ncc23)OC1(C)C.CCO.CN1CC=C(OS(=O)(=O)C(F)(F)F)CC1.CN1CC=C(c2cccc3[nH]ncc23)CC1.CN1CCC(=O)CC1.CN1CCC(c2cccc3[nH]ncc23)CC1.O=S(=O)(N(c1ccccc1)S(=O)(=O)C(F)(F)F)C(F)(F)F.[2HH].[2HH].[B]. The minimum absolute atomic E-state index is 0. The van der Waals surface area contributed by atoms with Gasteiger partial charge in [-0.2, -0.15) is 85.2 Å². The van der Waals surface area contributed by atoms with E-state index >= 15 is 0 Å². The number of piperidine rings is 2. The van der Waals surface area contributed by atoms with E-state index in [2.05, 4.69) is 160 Å². The molecule has 0 amide bonds. The van der Waals surface area contributed by atoms with Crippen molar-refractivity contribution in [3.05, 3.63) is 161 Å². The first-order valence-corrected chi connectivity index (χ1v) is 47.3. The summed E-state index contributed by atoms with van der Waals surface area (Å²) >= 11 is 3.42. The van der Waals surface area contributed by atoms with Crippen LogP contribution in [0.5, 0.6) is 0 Å². The summed E-state index contributed by atoms with van der Waals surface area (Å²) < 4.78 is 220. The molecule has 739 valence electrons. The van der Waals surface area contributed by atoms with E-state index in [1.54, 1.807) is 20.2 Å². The fourth-order valence-electron chi connectivity index (χ4n) is 13.6. The third kappa shape index (κ3) is 30.6. The second-order valence-electron chi connectivity index (χ2n) is 34.8. The van der Waals surface area contributed by atoms with Gasteiger partial charge in [0.25, 0.3) is 0 Å². The quantitative estimate of drug-likeness (QED) is 0.0388. The van der Waals surface area contributed by atoms with E-state index in [1.807, 2.05) is 122 Å². The highest BCUT2D eigenvalue weighted by molar-refractivity contribution is 9.10. The molecule has 4 aromatic heterocycles. The first kappa shape index (κ1) is 116. The maximum Gasteiger partial charge on any atom is 0.534 e. The molecule has 0 unspecified atom stereocenters. The Morgan fingerprint density at radius 1 is 0.496 bits per heavy atom. The van der Waals surface area contributed by atoms with E-state index in [9.17, 15) is 69.6 Å². The zero-order valence-corrected chi connectivity index (χ0v) is 80.7. The molecule has 3 radical (unpaired) electrons. The van der Waals surface area contributed by atoms with Gasteiger partial charge < -0.3 is 61.6 Å². The molecule has 12 heterocycles. The van der Waals surface area contributed by atoms with Crippen LogP contribution in [0.2, 0.25) is 0 Å². The van der Waals surface area contributed by atoms with Crippen molar-refractivity contribution < 1.29 is 114 Å². The summed E-state index contributed by atoms with van der Waals surface area (Å²) in [5.41, 5.74) is -11.6. The number of aromatic nitrogens is 8. The van der Waals surface area contributed by atoms with Crippen LogP contribution in [-0.4, -0.2) is 277 Å². The molecule has 17 rings (SSSR count). The van der Waals surface area contributed by atoms with Gasteiger partial charge in [0, 0.05) is 116 Å². The van der Waals surface area contributed by atoms with Crippen LogP contribution < -0.4 is 9.17 Å². The molecule has 0 aliphatic carbocycles. The largest absolute Gasteiger partial charge is 0.534 e. The lowest BCUT2D eigenvalue weighted by atomic mass is 9.49. The number of fused-ring (bicyclic) bond motifs is 4. The van der Waals surface area contributed by atoms with E-state index in [4.69, 9.17) is 37.8 Å². The Morgan fingerprint density at radius 3 is 1.29 bits per heavy atom. The molecule has 0 saturated carbocycles. The first-order chi connectivity index (χ1) is 60.5. The minimum Gasteiger partial charge on any atom is -0.405 e. The van der Waals surface area contributed by atoms with Crippen LogP contribution in [0.25, 0.3) is 49.2 Å². The number of H-pyrrole nitrogens is 4. The molecular formula is C87H130B4BrF9N13O16S3. The summed E-state index contributed by atoms with van der Waals surface area (Å²) in [4.78, 5) is 19.3. The smallest absolute Gasteiger partial charge is 0.405 e. The van der Waals surface area contributed by atoms with Crippen molar-refractivity contribution in [3.8, 4) is 0 Å². The van der Waals surface area contributed by atoms with Crippen LogP contribution in [0.1, 0.15) is 176 Å². The monoisotopic (exact) mass is 2000 g/mol. The summed E-state index contributed by atoms with van der Waals surface area (Å²) in [5.74, 6) is 0.978. The topological polar surface area (TPSA) is 344 Å². The van der Waals surface area contributed by atoms with E-state index in [0.29, 0.717) is 36.9 Å². The Hall–Kier alpha value is -7.79. The van der Waals surface area contributed by atoms with Gasteiger partial charge in [-0.1, -0.05) is 97.5 Å². The van der Waals surface area contributed by atoms with Crippen LogP contribution in [0.3, 0.4) is 0 Å². The van der Waals surface area contributed by atoms with Crippen molar-refractivity contribution in [3.63, 3.8) is 0 Å². The molecule has 9 aromatic rings. The number of para-hydroxylation sites is 1. The standard InChI is InChI=1S/C13H17BN2O2.C13H17N3.C13H15N3.C12H24B2O4.C8H5F6NO4S2.C7H5BrN2.C7H10F3NO3S.C6H11NO.C4H8O.C2H6O.2CH4.B.2H2/c1-12(2)13(3,4)18-14(17-12)10-6-5-7-11-9(10)8-15-16-11;2*1-16-7-5-10(6-8-16)11-3-2-4-13-12(11)9-14-15-13;1-9(2)10(3,4)16-13(15-9)14-17-11(5,6)12(7,8)18-14;9-7(10,11)20(16,17)15(6-4-2-1-3-5-6)21(18,19)8(12,13)14;8-6-2-1-3-7-5(6)4-9-10-7;1-11-4-2-6(3-5-11)14-15(12,13)7(8,9)10;1-7-4-2-6(8)3-5-7;1-2-4-5-3-1;1-2-3;;;;;/h5-8H,1-4H3,(H,15,16);2-4,9-10H,5-8H2,1H3,(H,14,15);2-5,9H,6-8H2,1H3,(H,14,15);1-8H3;1-5H;1-4H,(H,9,10);2H,3-5H2,1H3;2-5H2,1H3;1-4H2;3H,2H2,1H3;2*1H4;;2*1H/i;;;;;;;;;;;;;2*1+1. The second kappa shape index (κ2) is 48.5. The number of carbonyl (C=O) groups excluding carboxylic acids is 1. The molecule has 5 aromatic carbocycles. The number of alkyl halides is 9. The van der Waals surface area contributed by atoms with Crippen LogP contribution in [0.4, 0.5) is 45.2 Å². The van der Waals surface area contributed by atoms with Crippen LogP contribution in [-0.2, 0) is 71.8 Å². The zero-order valence-electron chi connectivity index (χ0n) is 76.7. The Morgan fingerprint density at radius 2 is 0.880 bits per heavy atom. The molecule has 133 heavy (non-hydrogen) atoms. The molecule has 6 fully saturated rings. The number of likely N-dealkylation sites (tertiary alicyclic amines) is 2. The predicted molar refractivity (Wildman–Crippen MR) is 513 cm³/mol. The number of likely N-dealkylation sites (N-methyl/N-ethyl adjacent to an activating group) is 2. The average Bonchev–Trinajstić information content (AvgIpc) is 1.70. The zero-order chi connectivity index (χ0) is 96.4. The number of Topliss-reactive ketones (excluding diaryl/α,β-unsaturated/α-hetero) is 1. The second-order valence-corrected chi connectivity index (χ2v) is 41.0. The summed E-state index contributed by atoms with van der Waals surface area (Å²) in [6.45, 7) is 35.7. The van der Waals surface area contributed by atoms with Crippen molar-refractivity contribution in [1.29, 1.82) is 0 Å². The lowest BCUT2D eigenvalue weighted by Crippen LogP contribution is -2.49. The van der Waals surface area contributed by atoms with Crippen molar-refractivity contribution in [2.24, 2.45) is 0 Å². The van der Waals surface area contributed by atoms with Crippen molar-refractivity contribution in [2.75, 3.05) is 104 Å². The molecule has 5 N–H and O–H groups in total. The fraction of sp³-hybridized carbons (Fsp3) is 0.552. The first-order valence-electron chi connectivity index (χ1n) is 42.2. The minimum atomic E-state index is -6.81. The number of aliphatic hydroxyl groups is 1. The van der Waals surface area contributed by atoms with E-state index in [-0.39, 0.29) is 85.6 Å². The van der Waals surface area contributed by atoms with E-state index in [1.165, 1.54) is 72.3 Å². The number of halogens is 10. The highest BCUT2D eigenvalue weighted by Gasteiger charge is 2.65. The van der Waals surface area contributed by atoms with Gasteiger partial charge in [0.2, 0.25) is 0 Å². The highest BCUT2D eigenvalue weighted by atomic mass is 79.9. The fourth-order valence-corrected chi connectivity index (χ4v) is 17.3. The number of anilines is 1. The summed E-state index contributed by atoms with van der Waals surface area (Å²) in [5, 5.41) is 40.4. The third-order valence-corrected chi connectivity index (χ3v) is 28.7. The number of ether oxygens (including phenoxy) is 1. The number of ketones is 1. The van der Waals surface area contributed by atoms with Gasteiger partial charge >= 0.3 is 67.8 Å². The van der Waals surface area contributed by atoms with Gasteiger partial charge in [-0.15, -0.1) is 3.71 Å². The van der Waals surface area contributed by atoms with E-state index < -0.39 is 70.1 Å². The number of benzene rings is 5. The molecule has 0 spiro atoms. The molecule has 6 saturated heterocycles. The molecular weight excluding hydrogens is 1870 g/mol. The van der Waals surface area contributed by atoms with Crippen molar-refractivity contribution >= 4 is 142 Å². The Labute approximate surface area is 789 Å². The van der Waals surface area contributed by atoms with Gasteiger partial charge in [-0.3, -0.25) is 25.2 Å². The average molecular weight is 2010 g/mol. The van der Waals surface area contributed by atoms with Gasteiger partial charge in [-0.25, -0.2) is 0 Å². The Balaban J connectivity index is 0.000000394. The maximum absolute atomic E-state index is 12.4. The molecule has 0 bridgehead atoms. The number of hydrogen-bond donors (Lipinski definition) is 5. The van der Waals surface area contributed by atoms with Crippen LogP contribution in [0.15, 0.2) is 150 Å². The number of carbonyl (C=O) groups is 1. The molecule has 8 aliphatic heterocycles. The van der Waals surface area contributed by atoms with Crippen molar-refractivity contribution in [2.45, 2.75) is 212 Å². The number of aromatic amines is 4. The molecule has 0 atom stereocenters. The van der Waals surface area contributed by atoms with Gasteiger partial charge in [-0.05, 0) is 240 Å². The lowest BCUT2D eigenvalue weighted by molar-refractivity contribution is -0.121. The van der Waals surface area contributed by atoms with Crippen LogP contribution >= 0.6 is 15.9 Å². The number of nitrogens with one attached hydrogen (secondary N) is 4. The van der Waals surface area contributed by atoms with Crippen molar-refractivity contribution in [1.82, 2.24) is 60.4 Å². The molecule has 8 aliphatic rings. The molecule has 46 heteroatoms. The van der Waals surface area contributed by atoms with Gasteiger partial charge in [0.1, 0.15) is 11.5 Å². The lowest BCUT2D eigenvalue weighted by Gasteiger charge is -2.32. The summed E-state index contributed by atoms with van der Waals surface area (Å²) in [6, 6.07) is 28.7. The number of sulfonamides is 2. The molecule has 29 nitrogen and oxygen atoms in total. The summed E-state index contributed by atoms with van der Waals surface area (Å²) in [6.07, 6.45) is 19.0. The number of nitrogens with zero attached hydrogens (tertiary/aromatic N) is 9. The van der Waals surface area contributed by atoms with Gasteiger partial charge in [0.05, 0.1) is 86.1 Å².